The molecule has 88 valence electrons. The van der Waals surface area contributed by atoms with Crippen molar-refractivity contribution in [3.05, 3.63) is 24.3 Å². The van der Waals surface area contributed by atoms with E-state index < -0.39 is 0 Å². The van der Waals surface area contributed by atoms with Crippen LogP contribution in [0.5, 0.6) is 5.75 Å². The van der Waals surface area contributed by atoms with Gasteiger partial charge in [0.05, 0.1) is 6.54 Å². The summed E-state index contributed by atoms with van der Waals surface area (Å²) in [4.78, 5) is 13.3. The number of hydrogen-bond acceptors (Lipinski definition) is 3. The molecule has 0 spiro atoms. The number of likely N-dealkylation sites (N-methyl/N-ethyl adjacent to an activating group) is 1. The largest absolute Gasteiger partial charge is 0.508 e. The van der Waals surface area contributed by atoms with E-state index in [0.717, 1.165) is 18.7 Å². The van der Waals surface area contributed by atoms with E-state index in [9.17, 15) is 4.79 Å². The Labute approximate surface area is 95.9 Å². The van der Waals surface area contributed by atoms with E-state index in [4.69, 9.17) is 5.11 Å². The van der Waals surface area contributed by atoms with Gasteiger partial charge in [0.2, 0.25) is 5.91 Å². The average molecular weight is 222 g/mol. The zero-order chi connectivity index (χ0) is 12.0. The highest BCUT2D eigenvalue weighted by Gasteiger charge is 2.09. The molecule has 0 atom stereocenters. The van der Waals surface area contributed by atoms with Crippen molar-refractivity contribution in [2.75, 3.05) is 25.0 Å². The first kappa shape index (κ1) is 12.5. The summed E-state index contributed by atoms with van der Waals surface area (Å²) < 4.78 is 0. The normalized spacial score (nSPS) is 10.1. The van der Waals surface area contributed by atoms with Gasteiger partial charge < -0.3 is 15.3 Å². The number of aromatic hydroxyl groups is 1. The van der Waals surface area contributed by atoms with Crippen LogP contribution < -0.4 is 10.2 Å². The maximum atomic E-state index is 11.7. The fourth-order valence-corrected chi connectivity index (χ4v) is 1.31. The van der Waals surface area contributed by atoms with Crippen molar-refractivity contribution in [1.29, 1.82) is 0 Å². The maximum absolute atomic E-state index is 11.7. The smallest absolute Gasteiger partial charge is 0.240 e. The zero-order valence-electron chi connectivity index (χ0n) is 9.73. The van der Waals surface area contributed by atoms with Crippen LogP contribution in [0.1, 0.15) is 13.3 Å². The monoisotopic (exact) mass is 222 g/mol. The SMILES string of the molecule is CCCNCC(=O)N(C)c1ccc(O)cc1. The minimum atomic E-state index is 0.0131. The molecule has 4 nitrogen and oxygen atoms in total. The Balaban J connectivity index is 2.53. The third kappa shape index (κ3) is 3.55. The highest BCUT2D eigenvalue weighted by Crippen LogP contribution is 2.16. The molecule has 0 bridgehead atoms. The molecule has 16 heavy (non-hydrogen) atoms. The van der Waals surface area contributed by atoms with Crippen LogP contribution in [-0.2, 0) is 4.79 Å². The highest BCUT2D eigenvalue weighted by molar-refractivity contribution is 5.94. The maximum Gasteiger partial charge on any atom is 0.240 e. The van der Waals surface area contributed by atoms with Gasteiger partial charge in [-0.1, -0.05) is 6.92 Å². The first-order valence-electron chi connectivity index (χ1n) is 5.41. The van der Waals surface area contributed by atoms with Gasteiger partial charge in [0.1, 0.15) is 5.75 Å². The second-order valence-electron chi connectivity index (χ2n) is 3.65. The Kier molecular flexibility index (Phi) is 4.79. The van der Waals surface area contributed by atoms with E-state index in [0.29, 0.717) is 6.54 Å². The van der Waals surface area contributed by atoms with Crippen LogP contribution in [0, 0.1) is 0 Å². The van der Waals surface area contributed by atoms with Crippen molar-refractivity contribution in [3.8, 4) is 5.75 Å². The van der Waals surface area contributed by atoms with E-state index in [-0.39, 0.29) is 11.7 Å². The summed E-state index contributed by atoms with van der Waals surface area (Å²) in [5.74, 6) is 0.216. The van der Waals surface area contributed by atoms with Crippen LogP contribution in [0.15, 0.2) is 24.3 Å². The molecule has 1 aromatic carbocycles. The fourth-order valence-electron chi connectivity index (χ4n) is 1.31. The van der Waals surface area contributed by atoms with Gasteiger partial charge in [-0.05, 0) is 37.2 Å². The summed E-state index contributed by atoms with van der Waals surface area (Å²) in [7, 11) is 1.72. The Morgan fingerprint density at radius 3 is 2.56 bits per heavy atom. The van der Waals surface area contributed by atoms with Gasteiger partial charge in [-0.2, -0.15) is 0 Å². The molecule has 0 unspecified atom stereocenters. The van der Waals surface area contributed by atoms with Crippen molar-refractivity contribution in [2.24, 2.45) is 0 Å². The van der Waals surface area contributed by atoms with Gasteiger partial charge in [-0.15, -0.1) is 0 Å². The van der Waals surface area contributed by atoms with Gasteiger partial charge in [0, 0.05) is 12.7 Å². The summed E-state index contributed by atoms with van der Waals surface area (Å²) in [5, 5.41) is 12.2. The summed E-state index contributed by atoms with van der Waals surface area (Å²) >= 11 is 0. The van der Waals surface area contributed by atoms with Crippen molar-refractivity contribution in [2.45, 2.75) is 13.3 Å². The number of hydrogen-bond donors (Lipinski definition) is 2. The van der Waals surface area contributed by atoms with Crippen LogP contribution in [-0.4, -0.2) is 31.2 Å². The molecule has 0 saturated carbocycles. The lowest BCUT2D eigenvalue weighted by molar-refractivity contribution is -0.117. The van der Waals surface area contributed by atoms with E-state index in [1.165, 1.54) is 0 Å². The molecule has 1 aromatic rings. The average Bonchev–Trinajstić information content (AvgIpc) is 2.29. The van der Waals surface area contributed by atoms with Crippen LogP contribution in [0.3, 0.4) is 0 Å². The number of phenolic OH excluding ortho intramolecular Hbond substituents is 1. The minimum absolute atomic E-state index is 0.0131. The van der Waals surface area contributed by atoms with Crippen LogP contribution in [0.4, 0.5) is 5.69 Å². The van der Waals surface area contributed by atoms with Crippen LogP contribution in [0.2, 0.25) is 0 Å². The zero-order valence-corrected chi connectivity index (χ0v) is 9.73. The molecule has 0 aliphatic rings. The molecule has 0 radical (unpaired) electrons. The Morgan fingerprint density at radius 2 is 2.00 bits per heavy atom. The lowest BCUT2D eigenvalue weighted by atomic mass is 10.3. The molecule has 0 aliphatic carbocycles. The summed E-state index contributed by atoms with van der Waals surface area (Å²) in [6, 6.07) is 6.57. The van der Waals surface area contributed by atoms with Gasteiger partial charge in [0.25, 0.3) is 0 Å². The van der Waals surface area contributed by atoms with Gasteiger partial charge in [-0.25, -0.2) is 0 Å². The van der Waals surface area contributed by atoms with E-state index in [1.807, 2.05) is 0 Å². The standard InChI is InChI=1S/C12H18N2O2/c1-3-8-13-9-12(16)14(2)10-4-6-11(15)7-5-10/h4-7,13,15H,3,8-9H2,1-2H3. The molecule has 4 heteroatoms. The molecule has 0 aliphatic heterocycles. The molecule has 0 fully saturated rings. The highest BCUT2D eigenvalue weighted by atomic mass is 16.3. The van der Waals surface area contributed by atoms with E-state index in [1.54, 1.807) is 36.2 Å². The number of carbonyl (C=O) groups is 1. The van der Waals surface area contributed by atoms with Crippen molar-refractivity contribution >= 4 is 11.6 Å². The van der Waals surface area contributed by atoms with Crippen molar-refractivity contribution in [3.63, 3.8) is 0 Å². The number of phenols is 1. The van der Waals surface area contributed by atoms with Gasteiger partial charge in [-0.3, -0.25) is 4.79 Å². The second-order valence-corrected chi connectivity index (χ2v) is 3.65. The molecule has 0 saturated heterocycles. The number of nitrogens with zero attached hydrogens (tertiary/aromatic N) is 1. The first-order valence-corrected chi connectivity index (χ1v) is 5.41. The second kappa shape index (κ2) is 6.12. The fraction of sp³-hybridized carbons (Fsp3) is 0.417. The molecular weight excluding hydrogens is 204 g/mol. The third-order valence-electron chi connectivity index (χ3n) is 2.31. The lowest BCUT2D eigenvalue weighted by Gasteiger charge is -2.17. The molecule has 2 N–H and O–H groups in total. The number of benzene rings is 1. The predicted octanol–water partition coefficient (Wildman–Crippen LogP) is 1.35. The van der Waals surface area contributed by atoms with Crippen molar-refractivity contribution < 1.29 is 9.90 Å². The predicted molar refractivity (Wildman–Crippen MR) is 64.7 cm³/mol. The quantitative estimate of drug-likeness (QED) is 0.739. The Morgan fingerprint density at radius 1 is 1.38 bits per heavy atom. The Hall–Kier alpha value is -1.55. The molecule has 1 rings (SSSR count). The summed E-state index contributed by atoms with van der Waals surface area (Å²) in [6.07, 6.45) is 1.01. The number of anilines is 1. The number of nitrogens with one attached hydrogen (secondary N) is 1. The molecule has 0 heterocycles. The molecule has 1 amide bonds. The topological polar surface area (TPSA) is 52.6 Å². The van der Waals surface area contributed by atoms with E-state index in [2.05, 4.69) is 12.2 Å². The van der Waals surface area contributed by atoms with Gasteiger partial charge >= 0.3 is 0 Å². The van der Waals surface area contributed by atoms with Crippen molar-refractivity contribution in [1.82, 2.24) is 5.32 Å². The summed E-state index contributed by atoms with van der Waals surface area (Å²) in [6.45, 7) is 3.24. The number of amides is 1. The first-order chi connectivity index (χ1) is 7.65. The number of rotatable bonds is 5. The number of carbonyl (C=O) groups excluding carboxylic acids is 1. The van der Waals surface area contributed by atoms with Crippen LogP contribution in [0.25, 0.3) is 0 Å². The van der Waals surface area contributed by atoms with E-state index >= 15 is 0 Å². The minimum Gasteiger partial charge on any atom is -0.508 e. The Bertz CT molecular complexity index is 335. The van der Waals surface area contributed by atoms with Gasteiger partial charge in [0.15, 0.2) is 0 Å². The molecule has 0 aromatic heterocycles. The third-order valence-corrected chi connectivity index (χ3v) is 2.31. The lowest BCUT2D eigenvalue weighted by Crippen LogP contribution is -2.35. The molecular formula is C12H18N2O2. The van der Waals surface area contributed by atoms with Crippen LogP contribution >= 0.6 is 0 Å². The summed E-state index contributed by atoms with van der Waals surface area (Å²) in [5.41, 5.74) is 0.779.